The second-order valence-corrected chi connectivity index (χ2v) is 7.22. The van der Waals surface area contributed by atoms with E-state index in [4.69, 9.17) is 11.6 Å². The quantitative estimate of drug-likeness (QED) is 0.278. The van der Waals surface area contributed by atoms with Gasteiger partial charge in [0, 0.05) is 5.02 Å². The molecule has 0 aliphatic carbocycles. The molecule has 0 nitrogen and oxygen atoms in total. The van der Waals surface area contributed by atoms with E-state index in [1.54, 1.807) is 0 Å². The van der Waals surface area contributed by atoms with Gasteiger partial charge in [-0.1, -0.05) is 90.5 Å². The molecule has 1 heteroatoms. The van der Waals surface area contributed by atoms with Crippen LogP contribution in [-0.2, 0) is 0 Å². The van der Waals surface area contributed by atoms with E-state index in [2.05, 4.69) is 84.9 Å². The lowest BCUT2D eigenvalue weighted by molar-refractivity contribution is 1.64. The minimum Gasteiger partial charge on any atom is -0.0843 e. The molecule has 27 heavy (non-hydrogen) atoms. The fourth-order valence-electron chi connectivity index (χ4n) is 3.81. The molecule has 5 aromatic carbocycles. The van der Waals surface area contributed by atoms with Gasteiger partial charge in [-0.3, -0.25) is 0 Å². The van der Waals surface area contributed by atoms with E-state index in [9.17, 15) is 0 Å². The van der Waals surface area contributed by atoms with Crippen LogP contribution in [0.2, 0.25) is 5.02 Å². The molecule has 0 heterocycles. The van der Waals surface area contributed by atoms with E-state index in [1.807, 2.05) is 18.2 Å². The van der Waals surface area contributed by atoms with Crippen LogP contribution < -0.4 is 0 Å². The average Bonchev–Trinajstić information content (AvgIpc) is 2.73. The zero-order valence-corrected chi connectivity index (χ0v) is 15.4. The molecule has 0 aliphatic rings. The van der Waals surface area contributed by atoms with E-state index in [-0.39, 0.29) is 0 Å². The third-order valence-corrected chi connectivity index (χ3v) is 5.34. The van der Waals surface area contributed by atoms with Gasteiger partial charge in [0.05, 0.1) is 0 Å². The minimum atomic E-state index is 0.760. The minimum absolute atomic E-state index is 0.760. The highest BCUT2D eigenvalue weighted by Crippen LogP contribution is 2.37. The lowest BCUT2D eigenvalue weighted by atomic mass is 9.91. The number of benzene rings is 5. The summed E-state index contributed by atoms with van der Waals surface area (Å²) in [6.07, 6.45) is 0. The first-order valence-corrected chi connectivity index (χ1v) is 9.44. The first-order chi connectivity index (χ1) is 13.3. The average molecular weight is 365 g/mol. The molecular formula is C26H17Cl. The Kier molecular flexibility index (Phi) is 3.92. The molecule has 0 aromatic heterocycles. The molecule has 0 saturated heterocycles. The summed E-state index contributed by atoms with van der Waals surface area (Å²) in [6, 6.07) is 36.2. The SMILES string of the molecule is Clc1cccc(-c2cc3ccc(-c4ccccc4)cc3c3ccccc23)c1. The Hall–Kier alpha value is -3.09. The van der Waals surface area contributed by atoms with Crippen molar-refractivity contribution in [3.63, 3.8) is 0 Å². The normalized spacial score (nSPS) is 11.1. The van der Waals surface area contributed by atoms with Crippen molar-refractivity contribution in [1.29, 1.82) is 0 Å². The summed E-state index contributed by atoms with van der Waals surface area (Å²) in [4.78, 5) is 0. The predicted molar refractivity (Wildman–Crippen MR) is 117 cm³/mol. The van der Waals surface area contributed by atoms with E-state index >= 15 is 0 Å². The van der Waals surface area contributed by atoms with Gasteiger partial charge in [-0.15, -0.1) is 0 Å². The molecule has 5 rings (SSSR count). The second kappa shape index (κ2) is 6.57. The van der Waals surface area contributed by atoms with Gasteiger partial charge in [-0.05, 0) is 68.1 Å². The number of halogens is 1. The molecule has 0 bridgehead atoms. The number of hydrogen-bond acceptors (Lipinski definition) is 0. The van der Waals surface area contributed by atoms with Crippen molar-refractivity contribution in [2.45, 2.75) is 0 Å². The first kappa shape index (κ1) is 16.1. The van der Waals surface area contributed by atoms with Crippen LogP contribution in [0.1, 0.15) is 0 Å². The van der Waals surface area contributed by atoms with Gasteiger partial charge >= 0.3 is 0 Å². The Morgan fingerprint density at radius 2 is 1.19 bits per heavy atom. The summed E-state index contributed by atoms with van der Waals surface area (Å²) >= 11 is 6.25. The third kappa shape index (κ3) is 2.89. The van der Waals surface area contributed by atoms with Crippen molar-refractivity contribution >= 4 is 33.1 Å². The predicted octanol–water partition coefficient (Wildman–Crippen LogP) is 7.98. The molecule has 0 fully saturated rings. The van der Waals surface area contributed by atoms with Crippen molar-refractivity contribution in [3.8, 4) is 22.3 Å². The molecule has 0 aliphatic heterocycles. The lowest BCUT2D eigenvalue weighted by Crippen LogP contribution is -1.86. The smallest absolute Gasteiger partial charge is 0.0412 e. The fraction of sp³-hybridized carbons (Fsp3) is 0. The highest BCUT2D eigenvalue weighted by Gasteiger charge is 2.10. The van der Waals surface area contributed by atoms with Gasteiger partial charge in [0.25, 0.3) is 0 Å². The largest absolute Gasteiger partial charge is 0.0843 e. The van der Waals surface area contributed by atoms with Gasteiger partial charge < -0.3 is 0 Å². The molecule has 0 saturated carbocycles. The number of rotatable bonds is 2. The molecule has 5 aromatic rings. The van der Waals surface area contributed by atoms with Crippen molar-refractivity contribution in [2.24, 2.45) is 0 Å². The molecule has 0 radical (unpaired) electrons. The van der Waals surface area contributed by atoms with E-state index < -0.39 is 0 Å². The van der Waals surface area contributed by atoms with Crippen molar-refractivity contribution in [2.75, 3.05) is 0 Å². The Labute approximate surface area is 163 Å². The maximum absolute atomic E-state index is 6.25. The van der Waals surface area contributed by atoms with Gasteiger partial charge in [0.1, 0.15) is 0 Å². The lowest BCUT2D eigenvalue weighted by Gasteiger charge is -2.13. The molecule has 0 unspecified atom stereocenters. The Balaban J connectivity index is 1.82. The van der Waals surface area contributed by atoms with Crippen molar-refractivity contribution < 1.29 is 0 Å². The van der Waals surface area contributed by atoms with Gasteiger partial charge in [-0.25, -0.2) is 0 Å². The summed E-state index contributed by atoms with van der Waals surface area (Å²) in [6.45, 7) is 0. The van der Waals surface area contributed by atoms with Crippen LogP contribution in [0, 0.1) is 0 Å². The molecular weight excluding hydrogens is 348 g/mol. The maximum atomic E-state index is 6.25. The van der Waals surface area contributed by atoms with Crippen LogP contribution in [-0.4, -0.2) is 0 Å². The van der Waals surface area contributed by atoms with E-state index in [1.165, 1.54) is 38.2 Å². The Morgan fingerprint density at radius 1 is 0.444 bits per heavy atom. The third-order valence-electron chi connectivity index (χ3n) is 5.10. The van der Waals surface area contributed by atoms with Crippen LogP contribution in [0.15, 0.2) is 103 Å². The zero-order valence-electron chi connectivity index (χ0n) is 14.7. The summed E-state index contributed by atoms with van der Waals surface area (Å²) in [5, 5.41) is 5.79. The number of fused-ring (bicyclic) bond motifs is 3. The van der Waals surface area contributed by atoms with Gasteiger partial charge in [0.15, 0.2) is 0 Å². The Morgan fingerprint density at radius 3 is 2.00 bits per heavy atom. The van der Waals surface area contributed by atoms with E-state index in [0.29, 0.717) is 0 Å². The van der Waals surface area contributed by atoms with Crippen molar-refractivity contribution in [1.82, 2.24) is 0 Å². The van der Waals surface area contributed by atoms with Crippen LogP contribution in [0.5, 0.6) is 0 Å². The molecule has 0 atom stereocenters. The van der Waals surface area contributed by atoms with Gasteiger partial charge in [0.2, 0.25) is 0 Å². The number of hydrogen-bond donors (Lipinski definition) is 0. The fourth-order valence-corrected chi connectivity index (χ4v) is 4.00. The summed E-state index contributed by atoms with van der Waals surface area (Å²) in [5.74, 6) is 0. The van der Waals surface area contributed by atoms with E-state index in [0.717, 1.165) is 10.6 Å². The highest BCUT2D eigenvalue weighted by molar-refractivity contribution is 6.31. The van der Waals surface area contributed by atoms with Crippen LogP contribution >= 0.6 is 11.6 Å². The molecule has 0 amide bonds. The van der Waals surface area contributed by atoms with Crippen LogP contribution in [0.25, 0.3) is 43.8 Å². The maximum Gasteiger partial charge on any atom is 0.0412 e. The molecule has 0 N–H and O–H groups in total. The molecule has 0 spiro atoms. The summed E-state index contributed by atoms with van der Waals surface area (Å²) in [5.41, 5.74) is 4.84. The van der Waals surface area contributed by atoms with Crippen LogP contribution in [0.4, 0.5) is 0 Å². The second-order valence-electron chi connectivity index (χ2n) is 6.78. The van der Waals surface area contributed by atoms with Gasteiger partial charge in [-0.2, -0.15) is 0 Å². The van der Waals surface area contributed by atoms with Crippen molar-refractivity contribution in [3.05, 3.63) is 108 Å². The molecule has 128 valence electrons. The monoisotopic (exact) mass is 364 g/mol. The topological polar surface area (TPSA) is 0 Å². The first-order valence-electron chi connectivity index (χ1n) is 9.06. The zero-order chi connectivity index (χ0) is 18.2. The summed E-state index contributed by atoms with van der Waals surface area (Å²) < 4.78 is 0. The highest BCUT2D eigenvalue weighted by atomic mass is 35.5. The summed E-state index contributed by atoms with van der Waals surface area (Å²) in [7, 11) is 0. The Bertz CT molecular complexity index is 1270. The van der Waals surface area contributed by atoms with Crippen LogP contribution in [0.3, 0.4) is 0 Å². The standard InChI is InChI=1S/C26H17Cl/c27-22-10-6-9-20(15-22)26-17-21-14-13-19(18-7-2-1-3-8-18)16-25(21)23-11-4-5-12-24(23)26/h1-17H.